The Morgan fingerprint density at radius 2 is 1.84 bits per heavy atom. The van der Waals surface area contributed by atoms with Crippen molar-refractivity contribution in [3.8, 4) is 0 Å². The monoisotopic (exact) mass is 457 g/mol. The fourth-order valence-corrected chi connectivity index (χ4v) is 5.08. The normalized spacial score (nSPS) is 15.0. The van der Waals surface area contributed by atoms with Gasteiger partial charge < -0.3 is 15.8 Å². The Labute approximate surface area is 192 Å². The molecule has 1 aliphatic rings. The van der Waals surface area contributed by atoms with Crippen molar-refractivity contribution in [2.24, 2.45) is 11.7 Å². The number of piperidine rings is 1. The Kier molecular flexibility index (Phi) is 8.04. The number of benzene rings is 1. The third-order valence-corrected chi connectivity index (χ3v) is 6.83. The molecule has 7 nitrogen and oxygen atoms in total. The first kappa shape index (κ1) is 23.9. The summed E-state index contributed by atoms with van der Waals surface area (Å²) in [5.41, 5.74) is 7.43. The van der Waals surface area contributed by atoms with Crippen molar-refractivity contribution in [1.82, 2.24) is 4.90 Å². The number of anilines is 1. The summed E-state index contributed by atoms with van der Waals surface area (Å²) in [6, 6.07) is 10.5. The highest BCUT2D eigenvalue weighted by molar-refractivity contribution is 7.18. The highest BCUT2D eigenvalue weighted by Gasteiger charge is 2.27. The van der Waals surface area contributed by atoms with Gasteiger partial charge in [0.25, 0.3) is 5.91 Å². The molecule has 2 amide bonds. The molecule has 2 aromatic rings. The number of nitrogens with two attached hydrogens (primary N) is 1. The molecule has 0 saturated carbocycles. The van der Waals surface area contributed by atoms with Crippen molar-refractivity contribution in [2.45, 2.75) is 46.1 Å². The molecule has 2 heterocycles. The van der Waals surface area contributed by atoms with Crippen LogP contribution >= 0.6 is 11.3 Å². The molecule has 1 aliphatic heterocycles. The molecule has 32 heavy (non-hydrogen) atoms. The number of likely N-dealkylation sites (tertiary alicyclic amines) is 1. The summed E-state index contributed by atoms with van der Waals surface area (Å²) in [4.78, 5) is 39.4. The van der Waals surface area contributed by atoms with Gasteiger partial charge >= 0.3 is 5.97 Å². The lowest BCUT2D eigenvalue weighted by atomic mass is 9.90. The minimum absolute atomic E-state index is 0.201. The lowest BCUT2D eigenvalue weighted by molar-refractivity contribution is -0.117. The lowest BCUT2D eigenvalue weighted by Crippen LogP contribution is -2.39. The van der Waals surface area contributed by atoms with Gasteiger partial charge in [-0.25, -0.2) is 4.79 Å². The number of thiophene rings is 1. The molecule has 172 valence electrons. The zero-order valence-corrected chi connectivity index (χ0v) is 19.7. The van der Waals surface area contributed by atoms with E-state index in [-0.39, 0.29) is 29.0 Å². The van der Waals surface area contributed by atoms with Crippen LogP contribution in [-0.2, 0) is 16.0 Å². The first-order chi connectivity index (χ1) is 15.2. The Hall–Kier alpha value is -2.71. The summed E-state index contributed by atoms with van der Waals surface area (Å²) >= 11 is 1.02. The number of rotatable bonds is 8. The van der Waals surface area contributed by atoms with Gasteiger partial charge in [0.2, 0.25) is 5.91 Å². The van der Waals surface area contributed by atoms with Gasteiger partial charge in [0, 0.05) is 0 Å². The van der Waals surface area contributed by atoms with E-state index in [4.69, 9.17) is 10.5 Å². The van der Waals surface area contributed by atoms with Crippen LogP contribution in [0.15, 0.2) is 30.3 Å². The van der Waals surface area contributed by atoms with Crippen molar-refractivity contribution in [2.75, 3.05) is 25.0 Å². The highest BCUT2D eigenvalue weighted by Crippen LogP contribution is 2.34. The van der Waals surface area contributed by atoms with Crippen LogP contribution in [0, 0.1) is 12.8 Å². The van der Waals surface area contributed by atoms with E-state index in [0.717, 1.165) is 43.7 Å². The highest BCUT2D eigenvalue weighted by atomic mass is 32.1. The number of amides is 2. The number of hydrogen-bond donors (Lipinski definition) is 2. The van der Waals surface area contributed by atoms with Crippen LogP contribution in [0.5, 0.6) is 0 Å². The largest absolute Gasteiger partial charge is 0.459 e. The first-order valence-electron chi connectivity index (χ1n) is 10.9. The summed E-state index contributed by atoms with van der Waals surface area (Å²) in [6.45, 7) is 7.06. The molecule has 0 atom stereocenters. The molecule has 1 saturated heterocycles. The minimum atomic E-state index is -0.632. The Bertz CT molecular complexity index is 963. The topological polar surface area (TPSA) is 102 Å². The van der Waals surface area contributed by atoms with Crippen molar-refractivity contribution >= 4 is 34.1 Å². The van der Waals surface area contributed by atoms with Gasteiger partial charge in [0.05, 0.1) is 23.1 Å². The third kappa shape index (κ3) is 6.17. The van der Waals surface area contributed by atoms with Gasteiger partial charge in [-0.05, 0) is 70.2 Å². The number of carbonyl (C=O) groups excluding carboxylic acids is 3. The van der Waals surface area contributed by atoms with Crippen LogP contribution < -0.4 is 11.1 Å². The molecular formula is C24H31N3O4S. The van der Waals surface area contributed by atoms with Crippen LogP contribution in [-0.4, -0.2) is 48.4 Å². The quantitative estimate of drug-likeness (QED) is 0.590. The zero-order chi connectivity index (χ0) is 23.3. The predicted molar refractivity (Wildman–Crippen MR) is 126 cm³/mol. The van der Waals surface area contributed by atoms with Gasteiger partial charge in [-0.3, -0.25) is 14.5 Å². The summed E-state index contributed by atoms with van der Waals surface area (Å²) in [5.74, 6) is -0.806. The summed E-state index contributed by atoms with van der Waals surface area (Å²) in [6.07, 6.45) is 2.82. The lowest BCUT2D eigenvalue weighted by Gasteiger charge is -2.31. The second-order valence-electron chi connectivity index (χ2n) is 8.54. The van der Waals surface area contributed by atoms with E-state index in [0.29, 0.717) is 16.5 Å². The Morgan fingerprint density at radius 1 is 1.19 bits per heavy atom. The molecular weight excluding hydrogens is 426 g/mol. The number of hydrogen-bond acceptors (Lipinski definition) is 6. The SMILES string of the molecule is Cc1c(C(N)=O)sc(NC(=O)CN2CCC(Cc3ccccc3)CC2)c1C(=O)OC(C)C. The van der Waals surface area contributed by atoms with E-state index in [1.807, 2.05) is 6.07 Å². The van der Waals surface area contributed by atoms with Crippen LogP contribution in [0.25, 0.3) is 0 Å². The number of primary amides is 1. The molecule has 1 fully saturated rings. The second-order valence-corrected chi connectivity index (χ2v) is 9.56. The van der Waals surface area contributed by atoms with E-state index >= 15 is 0 Å². The van der Waals surface area contributed by atoms with E-state index < -0.39 is 11.9 Å². The number of esters is 1. The third-order valence-electron chi connectivity index (χ3n) is 5.61. The number of ether oxygens (including phenoxy) is 1. The van der Waals surface area contributed by atoms with E-state index in [1.54, 1.807) is 20.8 Å². The molecule has 0 radical (unpaired) electrons. The van der Waals surface area contributed by atoms with Gasteiger partial charge in [-0.1, -0.05) is 30.3 Å². The van der Waals surface area contributed by atoms with Gasteiger partial charge in [0.15, 0.2) is 0 Å². The zero-order valence-electron chi connectivity index (χ0n) is 18.8. The average Bonchev–Trinajstić information content (AvgIpc) is 3.05. The molecule has 3 rings (SSSR count). The standard InChI is InChI=1S/C24H31N3O4S/c1-15(2)31-24(30)20-16(3)21(22(25)29)32-23(20)26-19(28)14-27-11-9-18(10-12-27)13-17-7-5-4-6-8-17/h4-8,15,18H,9-14H2,1-3H3,(H2,25,29)(H,26,28). The molecule has 0 spiro atoms. The average molecular weight is 458 g/mol. The minimum Gasteiger partial charge on any atom is -0.459 e. The van der Waals surface area contributed by atoms with Crippen LogP contribution in [0.3, 0.4) is 0 Å². The van der Waals surface area contributed by atoms with Crippen molar-refractivity contribution < 1.29 is 19.1 Å². The molecule has 8 heteroatoms. The molecule has 0 unspecified atom stereocenters. The second kappa shape index (κ2) is 10.7. The Morgan fingerprint density at radius 3 is 2.44 bits per heavy atom. The maximum absolute atomic E-state index is 12.7. The van der Waals surface area contributed by atoms with Crippen molar-refractivity contribution in [1.29, 1.82) is 0 Å². The number of nitrogens with one attached hydrogen (secondary N) is 1. The fourth-order valence-electron chi connectivity index (χ4n) is 4.02. The van der Waals surface area contributed by atoms with E-state index in [2.05, 4.69) is 34.5 Å². The van der Waals surface area contributed by atoms with Gasteiger partial charge in [-0.2, -0.15) is 0 Å². The number of nitrogens with zero attached hydrogens (tertiary/aromatic N) is 1. The maximum Gasteiger partial charge on any atom is 0.341 e. The molecule has 1 aromatic carbocycles. The maximum atomic E-state index is 12.7. The van der Waals surface area contributed by atoms with Gasteiger partial charge in [0.1, 0.15) is 5.00 Å². The van der Waals surface area contributed by atoms with E-state index in [9.17, 15) is 14.4 Å². The van der Waals surface area contributed by atoms with Crippen LogP contribution in [0.4, 0.5) is 5.00 Å². The molecule has 0 bridgehead atoms. The van der Waals surface area contributed by atoms with Crippen LogP contribution in [0.2, 0.25) is 0 Å². The van der Waals surface area contributed by atoms with Crippen molar-refractivity contribution in [3.05, 3.63) is 51.9 Å². The molecule has 1 aromatic heterocycles. The first-order valence-corrected chi connectivity index (χ1v) is 11.8. The van der Waals surface area contributed by atoms with Gasteiger partial charge in [-0.15, -0.1) is 11.3 Å². The van der Waals surface area contributed by atoms with E-state index in [1.165, 1.54) is 5.56 Å². The predicted octanol–water partition coefficient (Wildman–Crippen LogP) is 3.61. The fraction of sp³-hybridized carbons (Fsp3) is 0.458. The Balaban J connectivity index is 1.59. The number of carbonyl (C=O) groups is 3. The van der Waals surface area contributed by atoms with Crippen LogP contribution in [0.1, 0.15) is 57.8 Å². The molecule has 3 N–H and O–H groups in total. The summed E-state index contributed by atoms with van der Waals surface area (Å²) in [5, 5.41) is 3.12. The summed E-state index contributed by atoms with van der Waals surface area (Å²) < 4.78 is 5.30. The smallest absolute Gasteiger partial charge is 0.341 e. The summed E-state index contributed by atoms with van der Waals surface area (Å²) in [7, 11) is 0. The molecule has 0 aliphatic carbocycles. The van der Waals surface area contributed by atoms with Crippen molar-refractivity contribution in [3.63, 3.8) is 0 Å².